The monoisotopic (exact) mass is 273 g/mol. The molecular formula is C16H23N3O. The van der Waals surface area contributed by atoms with E-state index in [1.54, 1.807) is 7.11 Å². The van der Waals surface area contributed by atoms with Gasteiger partial charge < -0.3 is 15.0 Å². The van der Waals surface area contributed by atoms with E-state index >= 15 is 0 Å². The number of hydrogen-bond acceptors (Lipinski definition) is 3. The zero-order chi connectivity index (χ0) is 13.9. The van der Waals surface area contributed by atoms with Crippen LogP contribution >= 0.6 is 0 Å². The van der Waals surface area contributed by atoms with Gasteiger partial charge >= 0.3 is 0 Å². The number of nitrogens with zero attached hydrogens (tertiary/aromatic N) is 1. The Balaban J connectivity index is 1.78. The molecule has 20 heavy (non-hydrogen) atoms. The van der Waals surface area contributed by atoms with Gasteiger partial charge in [-0.25, -0.2) is 4.98 Å². The molecule has 1 aliphatic rings. The van der Waals surface area contributed by atoms with Gasteiger partial charge in [-0.15, -0.1) is 0 Å². The minimum Gasteiger partial charge on any atom is -0.385 e. The van der Waals surface area contributed by atoms with Gasteiger partial charge in [0.2, 0.25) is 0 Å². The molecule has 1 aliphatic carbocycles. The van der Waals surface area contributed by atoms with Crippen LogP contribution in [0.3, 0.4) is 0 Å². The molecule has 0 bridgehead atoms. The van der Waals surface area contributed by atoms with Crippen LogP contribution in [0.4, 0.5) is 0 Å². The maximum Gasteiger partial charge on any atom is 0.137 e. The van der Waals surface area contributed by atoms with Gasteiger partial charge in [0, 0.05) is 43.6 Å². The molecule has 1 fully saturated rings. The van der Waals surface area contributed by atoms with E-state index in [4.69, 9.17) is 4.74 Å². The third-order valence-electron chi connectivity index (χ3n) is 4.00. The van der Waals surface area contributed by atoms with E-state index < -0.39 is 0 Å². The molecule has 0 amide bonds. The highest BCUT2D eigenvalue weighted by Crippen LogP contribution is 2.26. The van der Waals surface area contributed by atoms with E-state index in [1.165, 1.54) is 29.4 Å². The average Bonchev–Trinajstić information content (AvgIpc) is 3.18. The second-order valence-corrected chi connectivity index (χ2v) is 5.74. The molecule has 2 N–H and O–H groups in total. The Morgan fingerprint density at radius 3 is 3.10 bits per heavy atom. The van der Waals surface area contributed by atoms with Crippen LogP contribution < -0.4 is 5.32 Å². The van der Waals surface area contributed by atoms with Crippen LogP contribution in [-0.4, -0.2) is 29.7 Å². The fraction of sp³-hybridized carbons (Fsp3) is 0.562. The first-order valence-corrected chi connectivity index (χ1v) is 7.49. The summed E-state index contributed by atoms with van der Waals surface area (Å²) in [6.07, 6.45) is 8.76. The molecule has 0 radical (unpaired) electrons. The molecule has 0 saturated heterocycles. The summed E-state index contributed by atoms with van der Waals surface area (Å²) in [6.45, 7) is 3.03. The molecule has 4 heteroatoms. The van der Waals surface area contributed by atoms with Crippen molar-refractivity contribution in [3.63, 3.8) is 0 Å². The van der Waals surface area contributed by atoms with E-state index in [9.17, 15) is 0 Å². The average molecular weight is 273 g/mol. The fourth-order valence-corrected chi connectivity index (χ4v) is 2.62. The number of rotatable bonds is 7. The lowest BCUT2D eigenvalue weighted by molar-refractivity contribution is 0.195. The van der Waals surface area contributed by atoms with Crippen molar-refractivity contribution in [1.82, 2.24) is 15.3 Å². The highest BCUT2D eigenvalue weighted by molar-refractivity contribution is 5.80. The van der Waals surface area contributed by atoms with Gasteiger partial charge in [0.25, 0.3) is 0 Å². The third kappa shape index (κ3) is 3.02. The Labute approximate surface area is 119 Å². The molecule has 2 aromatic rings. The minimum atomic E-state index is 0.376. The summed E-state index contributed by atoms with van der Waals surface area (Å²) in [5.74, 6) is 0. The molecule has 1 atom stereocenters. The number of H-pyrrole nitrogens is 1. The Bertz CT molecular complexity index is 574. The molecule has 0 aliphatic heterocycles. The zero-order valence-corrected chi connectivity index (χ0v) is 12.3. The third-order valence-corrected chi connectivity index (χ3v) is 4.00. The largest absolute Gasteiger partial charge is 0.385 e. The Hall–Kier alpha value is -1.39. The topological polar surface area (TPSA) is 49.9 Å². The predicted molar refractivity (Wildman–Crippen MR) is 80.9 cm³/mol. The van der Waals surface area contributed by atoms with Crippen molar-refractivity contribution in [2.24, 2.45) is 0 Å². The molecule has 2 aromatic heterocycles. The number of aryl methyl sites for hydroxylation is 1. The highest BCUT2D eigenvalue weighted by atomic mass is 16.5. The van der Waals surface area contributed by atoms with E-state index in [0.717, 1.165) is 25.1 Å². The van der Waals surface area contributed by atoms with Crippen molar-refractivity contribution in [3.8, 4) is 0 Å². The van der Waals surface area contributed by atoms with Crippen LogP contribution in [-0.2, 0) is 11.2 Å². The number of fused-ring (bicyclic) bond motifs is 1. The molecule has 2 heterocycles. The standard InChI is InChI=1S/C16H23N3O/c1-11(19-14-5-6-14)13-8-15-12(4-3-7-20-2)9-17-16(15)18-10-13/h8-11,14,19H,3-7H2,1-2H3,(H,17,18). The summed E-state index contributed by atoms with van der Waals surface area (Å²) in [4.78, 5) is 7.81. The Kier molecular flexibility index (Phi) is 4.03. The predicted octanol–water partition coefficient (Wildman–Crippen LogP) is 2.95. The van der Waals surface area contributed by atoms with Crippen molar-refractivity contribution in [3.05, 3.63) is 29.6 Å². The summed E-state index contributed by atoms with van der Waals surface area (Å²) >= 11 is 0. The lowest BCUT2D eigenvalue weighted by Gasteiger charge is -2.13. The number of ether oxygens (including phenoxy) is 1. The van der Waals surface area contributed by atoms with E-state index in [1.807, 2.05) is 6.20 Å². The summed E-state index contributed by atoms with van der Waals surface area (Å²) in [5.41, 5.74) is 3.60. The number of hydrogen-bond donors (Lipinski definition) is 2. The molecule has 108 valence electrons. The summed E-state index contributed by atoms with van der Waals surface area (Å²) in [7, 11) is 1.75. The number of nitrogens with one attached hydrogen (secondary N) is 2. The van der Waals surface area contributed by atoms with Crippen LogP contribution in [0, 0.1) is 0 Å². The summed E-state index contributed by atoms with van der Waals surface area (Å²) in [5, 5.41) is 4.88. The minimum absolute atomic E-state index is 0.376. The van der Waals surface area contributed by atoms with Crippen molar-refractivity contribution >= 4 is 11.0 Å². The maximum atomic E-state index is 5.13. The van der Waals surface area contributed by atoms with Crippen LogP contribution in [0.25, 0.3) is 11.0 Å². The van der Waals surface area contributed by atoms with Crippen molar-refractivity contribution in [2.75, 3.05) is 13.7 Å². The molecule has 1 unspecified atom stereocenters. The van der Waals surface area contributed by atoms with E-state index in [0.29, 0.717) is 12.1 Å². The smallest absolute Gasteiger partial charge is 0.137 e. The van der Waals surface area contributed by atoms with Gasteiger partial charge in [-0.05, 0) is 49.8 Å². The van der Waals surface area contributed by atoms with Crippen molar-refractivity contribution in [2.45, 2.75) is 44.7 Å². The van der Waals surface area contributed by atoms with Crippen LogP contribution in [0.15, 0.2) is 18.5 Å². The first kappa shape index (κ1) is 13.6. The molecule has 3 rings (SSSR count). The van der Waals surface area contributed by atoms with E-state index in [2.05, 4.69) is 34.5 Å². The molecule has 0 spiro atoms. The molecular weight excluding hydrogens is 250 g/mol. The number of pyridine rings is 1. The van der Waals surface area contributed by atoms with Crippen molar-refractivity contribution in [1.29, 1.82) is 0 Å². The second kappa shape index (κ2) is 5.94. The highest BCUT2D eigenvalue weighted by Gasteiger charge is 2.23. The number of methoxy groups -OCH3 is 1. The van der Waals surface area contributed by atoms with Gasteiger partial charge in [-0.2, -0.15) is 0 Å². The van der Waals surface area contributed by atoms with Crippen LogP contribution in [0.5, 0.6) is 0 Å². The molecule has 1 saturated carbocycles. The normalized spacial score (nSPS) is 16.7. The molecule has 4 nitrogen and oxygen atoms in total. The first-order valence-electron chi connectivity index (χ1n) is 7.49. The van der Waals surface area contributed by atoms with Crippen LogP contribution in [0.2, 0.25) is 0 Å². The quantitative estimate of drug-likeness (QED) is 0.763. The van der Waals surface area contributed by atoms with Crippen molar-refractivity contribution < 1.29 is 4.74 Å². The molecule has 0 aromatic carbocycles. The zero-order valence-electron chi connectivity index (χ0n) is 12.3. The lowest BCUT2D eigenvalue weighted by atomic mass is 10.1. The lowest BCUT2D eigenvalue weighted by Crippen LogP contribution is -2.20. The van der Waals surface area contributed by atoms with E-state index in [-0.39, 0.29) is 0 Å². The second-order valence-electron chi connectivity index (χ2n) is 5.74. The SMILES string of the molecule is COCCCc1c[nH]c2ncc(C(C)NC3CC3)cc12. The van der Waals surface area contributed by atoms with Gasteiger partial charge in [0.15, 0.2) is 0 Å². The Morgan fingerprint density at radius 2 is 2.35 bits per heavy atom. The van der Waals surface area contributed by atoms with Gasteiger partial charge in [0.05, 0.1) is 0 Å². The number of aromatic nitrogens is 2. The van der Waals surface area contributed by atoms with Gasteiger partial charge in [-0.1, -0.05) is 0 Å². The van der Waals surface area contributed by atoms with Gasteiger partial charge in [0.1, 0.15) is 5.65 Å². The van der Waals surface area contributed by atoms with Crippen LogP contribution in [0.1, 0.15) is 43.4 Å². The number of aromatic amines is 1. The summed E-state index contributed by atoms with van der Waals surface area (Å²) < 4.78 is 5.13. The first-order chi connectivity index (χ1) is 9.78. The summed E-state index contributed by atoms with van der Waals surface area (Å²) in [6, 6.07) is 3.37. The Morgan fingerprint density at radius 1 is 1.50 bits per heavy atom. The van der Waals surface area contributed by atoms with Gasteiger partial charge in [-0.3, -0.25) is 0 Å². The maximum absolute atomic E-state index is 5.13. The fourth-order valence-electron chi connectivity index (χ4n) is 2.62.